The molecule has 0 saturated heterocycles. The Morgan fingerprint density at radius 1 is 1.29 bits per heavy atom. The normalized spacial score (nSPS) is 13.7. The van der Waals surface area contributed by atoms with Crippen molar-refractivity contribution in [3.8, 4) is 11.8 Å². The molecule has 2 aromatic heterocycles. The third-order valence-electron chi connectivity index (χ3n) is 4.17. The van der Waals surface area contributed by atoms with Crippen LogP contribution in [0.4, 0.5) is 5.82 Å². The maximum Gasteiger partial charge on any atom is 0.198 e. The summed E-state index contributed by atoms with van der Waals surface area (Å²) in [5, 5.41) is 13.3. The van der Waals surface area contributed by atoms with Crippen LogP contribution in [0.2, 0.25) is 0 Å². The number of anilines is 1. The second kappa shape index (κ2) is 5.81. The molecule has 7 heteroatoms. The van der Waals surface area contributed by atoms with Crippen LogP contribution in [0.1, 0.15) is 24.1 Å². The molecule has 4 rings (SSSR count). The number of nitriles is 1. The third-order valence-corrected chi connectivity index (χ3v) is 4.17. The molecule has 120 valence electrons. The zero-order valence-corrected chi connectivity index (χ0v) is 13.3. The highest BCUT2D eigenvalue weighted by molar-refractivity contribution is 5.65. The number of hydrogen-bond donors (Lipinski definition) is 0. The quantitative estimate of drug-likeness (QED) is 0.717. The average molecular weight is 320 g/mol. The molecule has 24 heavy (non-hydrogen) atoms. The van der Waals surface area contributed by atoms with Gasteiger partial charge in [0.2, 0.25) is 0 Å². The van der Waals surface area contributed by atoms with Gasteiger partial charge in [-0.25, -0.2) is 9.97 Å². The molecule has 0 amide bonds. The maximum atomic E-state index is 9.16. The number of hydrogen-bond acceptors (Lipinski definition) is 6. The van der Waals surface area contributed by atoms with Gasteiger partial charge in [0.15, 0.2) is 17.2 Å². The third kappa shape index (κ3) is 2.52. The largest absolute Gasteiger partial charge is 0.497 e. The molecule has 1 aliphatic rings. The topological polar surface area (TPSA) is 79.3 Å². The fourth-order valence-corrected chi connectivity index (χ4v) is 2.77. The lowest BCUT2D eigenvalue weighted by atomic mass is 10.2. The van der Waals surface area contributed by atoms with E-state index in [9.17, 15) is 0 Å². The first kappa shape index (κ1) is 14.5. The molecule has 1 aromatic carbocycles. The van der Waals surface area contributed by atoms with Gasteiger partial charge in [-0.2, -0.15) is 14.9 Å². The Morgan fingerprint density at radius 2 is 2.08 bits per heavy atom. The van der Waals surface area contributed by atoms with E-state index >= 15 is 0 Å². The molecule has 0 radical (unpaired) electrons. The van der Waals surface area contributed by atoms with E-state index in [1.54, 1.807) is 11.6 Å². The first-order valence-electron chi connectivity index (χ1n) is 7.78. The van der Waals surface area contributed by atoms with Crippen LogP contribution in [-0.4, -0.2) is 32.7 Å². The minimum Gasteiger partial charge on any atom is -0.497 e. The monoisotopic (exact) mass is 320 g/mol. The van der Waals surface area contributed by atoms with Gasteiger partial charge >= 0.3 is 0 Å². The Kier molecular flexibility index (Phi) is 3.50. The van der Waals surface area contributed by atoms with Crippen molar-refractivity contribution in [2.75, 3.05) is 12.0 Å². The Bertz CT molecular complexity index is 907. The lowest BCUT2D eigenvalue weighted by Gasteiger charge is -2.23. The first-order chi connectivity index (χ1) is 11.8. The SMILES string of the molecule is COc1ccc(CN(c2ncnn3c(C#N)cnc23)C2CC2)cc1. The van der Waals surface area contributed by atoms with Crippen molar-refractivity contribution >= 4 is 11.5 Å². The van der Waals surface area contributed by atoms with Crippen LogP contribution in [0.15, 0.2) is 36.8 Å². The minimum atomic E-state index is 0.411. The molecule has 0 N–H and O–H groups in total. The van der Waals surface area contributed by atoms with Gasteiger partial charge in [0, 0.05) is 12.6 Å². The molecular weight excluding hydrogens is 304 g/mol. The summed E-state index contributed by atoms with van der Waals surface area (Å²) in [5.74, 6) is 1.61. The Balaban J connectivity index is 1.71. The van der Waals surface area contributed by atoms with Gasteiger partial charge in [-0.1, -0.05) is 12.1 Å². The summed E-state index contributed by atoms with van der Waals surface area (Å²) in [5.41, 5.74) is 2.20. The molecule has 0 aliphatic heterocycles. The number of aromatic nitrogens is 4. The fourth-order valence-electron chi connectivity index (χ4n) is 2.77. The van der Waals surface area contributed by atoms with Gasteiger partial charge in [0.25, 0.3) is 0 Å². The van der Waals surface area contributed by atoms with E-state index in [0.717, 1.165) is 31.0 Å². The second-order valence-electron chi connectivity index (χ2n) is 5.78. The van der Waals surface area contributed by atoms with E-state index in [-0.39, 0.29) is 0 Å². The second-order valence-corrected chi connectivity index (χ2v) is 5.78. The lowest BCUT2D eigenvalue weighted by molar-refractivity contribution is 0.414. The number of methoxy groups -OCH3 is 1. The molecule has 1 saturated carbocycles. The molecule has 0 spiro atoms. The summed E-state index contributed by atoms with van der Waals surface area (Å²) in [6.45, 7) is 0.732. The summed E-state index contributed by atoms with van der Waals surface area (Å²) in [7, 11) is 1.66. The highest BCUT2D eigenvalue weighted by atomic mass is 16.5. The van der Waals surface area contributed by atoms with E-state index in [1.807, 2.05) is 12.1 Å². The van der Waals surface area contributed by atoms with Crippen LogP contribution in [0, 0.1) is 11.3 Å². The highest BCUT2D eigenvalue weighted by Crippen LogP contribution is 2.33. The zero-order chi connectivity index (χ0) is 16.5. The standard InChI is InChI=1S/C17H16N6O/c1-24-15-6-2-12(3-7-15)10-22(13-4-5-13)16-17-19-9-14(8-18)23(17)21-11-20-16/h2-3,6-7,9,11,13H,4-5,10H2,1H3. The van der Waals surface area contributed by atoms with Gasteiger partial charge in [-0.15, -0.1) is 0 Å². The van der Waals surface area contributed by atoms with Crippen LogP contribution >= 0.6 is 0 Å². The molecule has 2 heterocycles. The van der Waals surface area contributed by atoms with Crippen molar-refractivity contribution in [2.45, 2.75) is 25.4 Å². The van der Waals surface area contributed by atoms with Crippen molar-refractivity contribution < 1.29 is 4.74 Å². The molecular formula is C17H16N6O. The number of fused-ring (bicyclic) bond motifs is 1. The van der Waals surface area contributed by atoms with Crippen molar-refractivity contribution in [3.63, 3.8) is 0 Å². The molecule has 7 nitrogen and oxygen atoms in total. The Hall–Kier alpha value is -3.14. The average Bonchev–Trinajstić information content (AvgIpc) is 3.38. The van der Waals surface area contributed by atoms with Crippen molar-refractivity contribution in [3.05, 3.63) is 48.0 Å². The van der Waals surface area contributed by atoms with E-state index in [2.05, 4.69) is 38.2 Å². The summed E-state index contributed by atoms with van der Waals surface area (Å²) >= 11 is 0. The van der Waals surface area contributed by atoms with Crippen molar-refractivity contribution in [1.82, 2.24) is 19.6 Å². The number of benzene rings is 1. The molecule has 0 atom stereocenters. The van der Waals surface area contributed by atoms with Crippen LogP contribution in [0.3, 0.4) is 0 Å². The van der Waals surface area contributed by atoms with Gasteiger partial charge in [-0.3, -0.25) is 0 Å². The number of ether oxygens (including phenoxy) is 1. The summed E-state index contributed by atoms with van der Waals surface area (Å²) in [6.07, 6.45) is 5.29. The minimum absolute atomic E-state index is 0.411. The van der Waals surface area contributed by atoms with Crippen molar-refractivity contribution in [2.24, 2.45) is 0 Å². The predicted octanol–water partition coefficient (Wildman–Crippen LogP) is 2.17. The molecule has 0 bridgehead atoms. The molecule has 0 unspecified atom stereocenters. The van der Waals surface area contributed by atoms with Crippen LogP contribution in [-0.2, 0) is 6.54 Å². The van der Waals surface area contributed by atoms with Gasteiger partial charge in [-0.05, 0) is 30.5 Å². The highest BCUT2D eigenvalue weighted by Gasteiger charge is 2.32. The van der Waals surface area contributed by atoms with Gasteiger partial charge in [0.1, 0.15) is 18.1 Å². The molecule has 1 aliphatic carbocycles. The maximum absolute atomic E-state index is 9.16. The zero-order valence-electron chi connectivity index (χ0n) is 13.3. The Labute approximate surface area is 139 Å². The first-order valence-corrected chi connectivity index (χ1v) is 7.78. The predicted molar refractivity (Wildman–Crippen MR) is 87.7 cm³/mol. The number of imidazole rings is 1. The van der Waals surface area contributed by atoms with Crippen LogP contribution in [0.25, 0.3) is 5.65 Å². The smallest absolute Gasteiger partial charge is 0.198 e. The van der Waals surface area contributed by atoms with E-state index in [4.69, 9.17) is 10.00 Å². The van der Waals surface area contributed by atoms with Crippen LogP contribution in [0.5, 0.6) is 5.75 Å². The summed E-state index contributed by atoms with van der Waals surface area (Å²) in [4.78, 5) is 11.0. The molecule has 3 aromatic rings. The number of rotatable bonds is 5. The van der Waals surface area contributed by atoms with Gasteiger partial charge < -0.3 is 9.64 Å². The Morgan fingerprint density at radius 3 is 2.75 bits per heavy atom. The lowest BCUT2D eigenvalue weighted by Crippen LogP contribution is -2.27. The summed E-state index contributed by atoms with van der Waals surface area (Å²) in [6, 6.07) is 10.6. The fraction of sp³-hybridized carbons (Fsp3) is 0.294. The van der Waals surface area contributed by atoms with Crippen LogP contribution < -0.4 is 9.64 Å². The van der Waals surface area contributed by atoms with Crippen molar-refractivity contribution in [1.29, 1.82) is 5.26 Å². The van der Waals surface area contributed by atoms with Gasteiger partial charge in [0.05, 0.1) is 13.3 Å². The van der Waals surface area contributed by atoms with E-state index in [1.165, 1.54) is 18.1 Å². The van der Waals surface area contributed by atoms with E-state index in [0.29, 0.717) is 17.4 Å². The van der Waals surface area contributed by atoms with E-state index < -0.39 is 0 Å². The molecule has 1 fully saturated rings. The summed E-state index contributed by atoms with van der Waals surface area (Å²) < 4.78 is 6.76. The number of nitrogens with zero attached hydrogens (tertiary/aromatic N) is 6.